The van der Waals surface area contributed by atoms with Gasteiger partial charge in [0.1, 0.15) is 5.75 Å². The summed E-state index contributed by atoms with van der Waals surface area (Å²) >= 11 is 1.27. The molecule has 33 heavy (non-hydrogen) atoms. The SMILES string of the molecule is C=CCN(CC=C)C(=O)CSc1nnc2n(-c3cccc(OC)c3)c(=O)c3ccccc3n12. The molecule has 0 N–H and O–H groups in total. The lowest BCUT2D eigenvalue weighted by molar-refractivity contribution is -0.127. The van der Waals surface area contributed by atoms with Gasteiger partial charge in [-0.15, -0.1) is 23.4 Å². The summed E-state index contributed by atoms with van der Waals surface area (Å²) in [6.45, 7) is 8.28. The maximum atomic E-state index is 13.4. The highest BCUT2D eigenvalue weighted by molar-refractivity contribution is 7.99. The Balaban J connectivity index is 1.83. The number of aromatic nitrogens is 4. The van der Waals surface area contributed by atoms with Crippen LogP contribution in [0, 0.1) is 0 Å². The van der Waals surface area contributed by atoms with Crippen LogP contribution in [0.3, 0.4) is 0 Å². The number of hydrogen-bond acceptors (Lipinski definition) is 6. The molecule has 0 atom stereocenters. The Bertz CT molecular complexity index is 1400. The van der Waals surface area contributed by atoms with E-state index in [1.807, 2.05) is 36.4 Å². The normalized spacial score (nSPS) is 10.9. The molecule has 0 bridgehead atoms. The fourth-order valence-electron chi connectivity index (χ4n) is 3.56. The molecule has 2 aromatic carbocycles. The average Bonchev–Trinajstić information content (AvgIpc) is 3.26. The van der Waals surface area contributed by atoms with Crippen molar-refractivity contribution in [1.29, 1.82) is 0 Å². The number of amides is 1. The molecular weight excluding hydrogens is 438 g/mol. The van der Waals surface area contributed by atoms with Gasteiger partial charge < -0.3 is 9.64 Å². The van der Waals surface area contributed by atoms with Crippen LogP contribution in [0.5, 0.6) is 5.75 Å². The van der Waals surface area contributed by atoms with Gasteiger partial charge in [0.25, 0.3) is 5.56 Å². The van der Waals surface area contributed by atoms with E-state index < -0.39 is 0 Å². The second-order valence-corrected chi connectivity index (χ2v) is 8.08. The minimum atomic E-state index is -0.213. The highest BCUT2D eigenvalue weighted by Gasteiger charge is 2.20. The number of rotatable bonds is 9. The first-order valence-corrected chi connectivity index (χ1v) is 11.2. The largest absolute Gasteiger partial charge is 0.497 e. The number of methoxy groups -OCH3 is 1. The summed E-state index contributed by atoms with van der Waals surface area (Å²) in [4.78, 5) is 27.8. The second kappa shape index (κ2) is 9.74. The summed E-state index contributed by atoms with van der Waals surface area (Å²) in [6.07, 6.45) is 3.36. The van der Waals surface area contributed by atoms with Gasteiger partial charge in [-0.3, -0.25) is 14.0 Å². The Labute approximate surface area is 194 Å². The van der Waals surface area contributed by atoms with Gasteiger partial charge in [0.05, 0.1) is 29.5 Å². The number of hydrogen-bond donors (Lipinski definition) is 0. The molecule has 168 valence electrons. The quantitative estimate of drug-likeness (QED) is 0.281. The number of fused-ring (bicyclic) bond motifs is 3. The smallest absolute Gasteiger partial charge is 0.267 e. The van der Waals surface area contributed by atoms with E-state index >= 15 is 0 Å². The number of ether oxygens (including phenoxy) is 1. The molecule has 0 radical (unpaired) electrons. The topological polar surface area (TPSA) is 81.7 Å². The van der Waals surface area contributed by atoms with Crippen LogP contribution >= 0.6 is 11.8 Å². The molecule has 0 saturated heterocycles. The number of carbonyl (C=O) groups is 1. The maximum absolute atomic E-state index is 13.4. The van der Waals surface area contributed by atoms with E-state index in [9.17, 15) is 9.59 Å². The first-order valence-electron chi connectivity index (χ1n) is 10.2. The molecular formula is C24H23N5O3S. The van der Waals surface area contributed by atoms with E-state index in [0.29, 0.717) is 46.4 Å². The standard InChI is InChI=1S/C24H23N5O3S/c1-4-13-27(14-5-2)21(30)16-33-24-26-25-23-28(17-9-8-10-18(15-17)32-3)22(31)19-11-6-7-12-20(19)29(23)24/h4-12,15H,1-2,13-14,16H2,3H3. The Morgan fingerprint density at radius 3 is 2.61 bits per heavy atom. The molecule has 8 nitrogen and oxygen atoms in total. The number of para-hydroxylation sites is 1. The number of benzene rings is 2. The zero-order valence-corrected chi connectivity index (χ0v) is 19.0. The first kappa shape index (κ1) is 22.3. The highest BCUT2D eigenvalue weighted by atomic mass is 32.2. The molecule has 4 rings (SSSR count). The Hall–Kier alpha value is -3.85. The number of thioether (sulfide) groups is 1. The van der Waals surface area contributed by atoms with Crippen molar-refractivity contribution >= 4 is 34.3 Å². The lowest BCUT2D eigenvalue weighted by Gasteiger charge is -2.18. The van der Waals surface area contributed by atoms with Crippen molar-refractivity contribution in [3.05, 3.63) is 84.2 Å². The van der Waals surface area contributed by atoms with E-state index in [1.165, 1.54) is 16.3 Å². The molecule has 0 aliphatic carbocycles. The third kappa shape index (κ3) is 4.27. The van der Waals surface area contributed by atoms with E-state index in [4.69, 9.17) is 4.74 Å². The fourth-order valence-corrected chi connectivity index (χ4v) is 4.40. The molecule has 0 saturated carbocycles. The minimum Gasteiger partial charge on any atom is -0.497 e. The third-order valence-corrected chi connectivity index (χ3v) is 6.00. The zero-order valence-electron chi connectivity index (χ0n) is 18.2. The number of carbonyl (C=O) groups excluding carboxylic acids is 1. The van der Waals surface area contributed by atoms with Crippen LogP contribution < -0.4 is 10.3 Å². The fraction of sp³-hybridized carbons (Fsp3) is 0.167. The van der Waals surface area contributed by atoms with Crippen LogP contribution in [0.15, 0.2) is 83.8 Å². The number of nitrogens with zero attached hydrogens (tertiary/aromatic N) is 5. The summed E-state index contributed by atoms with van der Waals surface area (Å²) < 4.78 is 8.64. The van der Waals surface area contributed by atoms with Gasteiger partial charge in [0, 0.05) is 19.2 Å². The van der Waals surface area contributed by atoms with Gasteiger partial charge in [-0.25, -0.2) is 4.57 Å². The molecule has 0 spiro atoms. The van der Waals surface area contributed by atoms with E-state index in [1.54, 1.807) is 40.7 Å². The van der Waals surface area contributed by atoms with Gasteiger partial charge >= 0.3 is 0 Å². The molecule has 0 unspecified atom stereocenters. The summed E-state index contributed by atoms with van der Waals surface area (Å²) in [7, 11) is 1.57. The van der Waals surface area contributed by atoms with Crippen LogP contribution in [0.1, 0.15) is 0 Å². The molecule has 9 heteroatoms. The van der Waals surface area contributed by atoms with Crippen LogP contribution in [0.2, 0.25) is 0 Å². The second-order valence-electron chi connectivity index (χ2n) is 7.14. The molecule has 0 fully saturated rings. The molecule has 0 aliphatic rings. The van der Waals surface area contributed by atoms with Crippen molar-refractivity contribution in [2.45, 2.75) is 5.16 Å². The summed E-state index contributed by atoms with van der Waals surface area (Å²) in [5.41, 5.74) is 1.07. The van der Waals surface area contributed by atoms with Gasteiger partial charge in [0.15, 0.2) is 5.16 Å². The molecule has 2 aromatic heterocycles. The maximum Gasteiger partial charge on any atom is 0.267 e. The molecule has 1 amide bonds. The van der Waals surface area contributed by atoms with Crippen molar-refractivity contribution in [3.8, 4) is 11.4 Å². The molecule has 0 aliphatic heterocycles. The molecule has 2 heterocycles. The average molecular weight is 462 g/mol. The Morgan fingerprint density at radius 1 is 1.12 bits per heavy atom. The monoisotopic (exact) mass is 461 g/mol. The first-order chi connectivity index (χ1) is 16.1. The summed E-state index contributed by atoms with van der Waals surface area (Å²) in [5.74, 6) is 1.07. The summed E-state index contributed by atoms with van der Waals surface area (Å²) in [5, 5.41) is 9.66. The van der Waals surface area contributed by atoms with Crippen molar-refractivity contribution < 1.29 is 9.53 Å². The summed E-state index contributed by atoms with van der Waals surface area (Å²) in [6, 6.07) is 14.5. The van der Waals surface area contributed by atoms with Crippen LogP contribution in [-0.4, -0.2) is 55.9 Å². The Kier molecular flexibility index (Phi) is 6.60. The molecule has 4 aromatic rings. The van der Waals surface area contributed by atoms with Gasteiger partial charge in [0.2, 0.25) is 11.7 Å². The minimum absolute atomic E-state index is 0.0676. The lowest BCUT2D eigenvalue weighted by atomic mass is 10.2. The van der Waals surface area contributed by atoms with Gasteiger partial charge in [-0.05, 0) is 24.3 Å². The van der Waals surface area contributed by atoms with E-state index in [2.05, 4.69) is 23.4 Å². The van der Waals surface area contributed by atoms with Gasteiger partial charge in [-0.2, -0.15) is 0 Å². The third-order valence-electron chi connectivity index (χ3n) is 5.08. The highest BCUT2D eigenvalue weighted by Crippen LogP contribution is 2.24. The van der Waals surface area contributed by atoms with Crippen LogP contribution in [-0.2, 0) is 4.79 Å². The zero-order chi connectivity index (χ0) is 23.4. The predicted octanol–water partition coefficient (Wildman–Crippen LogP) is 3.33. The van der Waals surface area contributed by atoms with E-state index in [-0.39, 0.29) is 17.2 Å². The lowest BCUT2D eigenvalue weighted by Crippen LogP contribution is -2.32. The van der Waals surface area contributed by atoms with Crippen molar-refractivity contribution in [2.24, 2.45) is 0 Å². The van der Waals surface area contributed by atoms with Crippen LogP contribution in [0.25, 0.3) is 22.4 Å². The van der Waals surface area contributed by atoms with Crippen molar-refractivity contribution in [3.63, 3.8) is 0 Å². The van der Waals surface area contributed by atoms with Crippen molar-refractivity contribution in [2.75, 3.05) is 26.0 Å². The van der Waals surface area contributed by atoms with Gasteiger partial charge in [-0.1, -0.05) is 42.1 Å². The van der Waals surface area contributed by atoms with E-state index in [0.717, 1.165) is 0 Å². The van der Waals surface area contributed by atoms with Crippen LogP contribution in [0.4, 0.5) is 0 Å². The van der Waals surface area contributed by atoms with Crippen molar-refractivity contribution in [1.82, 2.24) is 24.1 Å². The predicted molar refractivity (Wildman–Crippen MR) is 130 cm³/mol. The Morgan fingerprint density at radius 2 is 1.88 bits per heavy atom.